The topological polar surface area (TPSA) is 93.1 Å². The summed E-state index contributed by atoms with van der Waals surface area (Å²) in [5.41, 5.74) is 1.04. The van der Waals surface area contributed by atoms with E-state index in [1.807, 2.05) is 13.8 Å². The third-order valence-electron chi connectivity index (χ3n) is 2.91. The monoisotopic (exact) mass is 264 g/mol. The fourth-order valence-corrected chi connectivity index (χ4v) is 1.56. The summed E-state index contributed by atoms with van der Waals surface area (Å²) < 4.78 is 5.29. The second-order valence-electron chi connectivity index (χ2n) is 4.86. The number of benzene rings is 1. The van der Waals surface area contributed by atoms with E-state index in [1.54, 1.807) is 13.2 Å². The maximum atomic E-state index is 10.7. The number of nitrogens with zero attached hydrogens (tertiary/aromatic N) is 2. The lowest BCUT2D eigenvalue weighted by atomic mass is 10.1. The third kappa shape index (κ3) is 3.00. The highest BCUT2D eigenvalue weighted by Crippen LogP contribution is 2.20. The maximum Gasteiger partial charge on any atom is 0.271 e. The highest BCUT2D eigenvalue weighted by Gasteiger charge is 2.17. The molecule has 2 aromatic rings. The van der Waals surface area contributed by atoms with Gasteiger partial charge < -0.3 is 15.0 Å². The van der Waals surface area contributed by atoms with Crippen molar-refractivity contribution in [1.29, 1.82) is 0 Å². The highest BCUT2D eigenvalue weighted by atomic mass is 16.6. The van der Waals surface area contributed by atoms with Crippen molar-refractivity contribution in [1.82, 2.24) is 9.97 Å². The van der Waals surface area contributed by atoms with Crippen LogP contribution in [0.2, 0.25) is 0 Å². The van der Waals surface area contributed by atoms with E-state index >= 15 is 0 Å². The minimum absolute atomic E-state index is 0.0416. The van der Waals surface area contributed by atoms with Gasteiger partial charge in [0.1, 0.15) is 0 Å². The number of imidazole rings is 1. The van der Waals surface area contributed by atoms with Gasteiger partial charge >= 0.3 is 0 Å². The number of hydrogen-bond donors (Lipinski definition) is 2. The first-order valence-corrected chi connectivity index (χ1v) is 5.84. The van der Waals surface area contributed by atoms with Gasteiger partial charge in [0.25, 0.3) is 5.69 Å². The zero-order valence-corrected chi connectivity index (χ0v) is 11.1. The van der Waals surface area contributed by atoms with Crippen LogP contribution in [-0.4, -0.2) is 34.1 Å². The fraction of sp³-hybridized carbons (Fsp3) is 0.417. The van der Waals surface area contributed by atoms with Crippen LogP contribution in [0, 0.1) is 10.1 Å². The predicted octanol–water partition coefficient (Wildman–Crippen LogP) is 2.31. The Hall–Kier alpha value is -2.15. The Kier molecular flexibility index (Phi) is 3.39. The SMILES string of the molecule is COC(C)(C)CNc1nc2ccc([N+](=O)[O-])cc2[nH]1. The van der Waals surface area contributed by atoms with Crippen molar-refractivity contribution in [2.75, 3.05) is 19.0 Å². The van der Waals surface area contributed by atoms with Gasteiger partial charge in [-0.15, -0.1) is 0 Å². The summed E-state index contributed by atoms with van der Waals surface area (Å²) in [4.78, 5) is 17.6. The van der Waals surface area contributed by atoms with Crippen molar-refractivity contribution in [2.24, 2.45) is 0 Å². The van der Waals surface area contributed by atoms with Crippen LogP contribution in [0.15, 0.2) is 18.2 Å². The Morgan fingerprint density at radius 3 is 2.89 bits per heavy atom. The van der Waals surface area contributed by atoms with Crippen LogP contribution in [-0.2, 0) is 4.74 Å². The maximum absolute atomic E-state index is 10.7. The van der Waals surface area contributed by atoms with Gasteiger partial charge in [-0.2, -0.15) is 0 Å². The molecule has 0 fully saturated rings. The molecule has 19 heavy (non-hydrogen) atoms. The van der Waals surface area contributed by atoms with E-state index in [9.17, 15) is 10.1 Å². The Morgan fingerprint density at radius 2 is 2.26 bits per heavy atom. The van der Waals surface area contributed by atoms with Gasteiger partial charge in [-0.3, -0.25) is 10.1 Å². The quantitative estimate of drug-likeness (QED) is 0.638. The Morgan fingerprint density at radius 1 is 1.53 bits per heavy atom. The summed E-state index contributed by atoms with van der Waals surface area (Å²) in [6.07, 6.45) is 0. The second-order valence-corrected chi connectivity index (χ2v) is 4.86. The zero-order chi connectivity index (χ0) is 14.0. The first-order valence-electron chi connectivity index (χ1n) is 5.84. The first kappa shape index (κ1) is 13.3. The number of fused-ring (bicyclic) bond motifs is 1. The summed E-state index contributed by atoms with van der Waals surface area (Å²) in [7, 11) is 1.64. The molecule has 1 aromatic heterocycles. The molecule has 1 heterocycles. The number of non-ortho nitro benzene ring substituents is 1. The van der Waals surface area contributed by atoms with Crippen LogP contribution in [0.25, 0.3) is 11.0 Å². The van der Waals surface area contributed by atoms with Crippen molar-refractivity contribution in [3.63, 3.8) is 0 Å². The third-order valence-corrected chi connectivity index (χ3v) is 2.91. The number of aromatic amines is 1. The van der Waals surface area contributed by atoms with Crippen LogP contribution < -0.4 is 5.32 Å². The summed E-state index contributed by atoms with van der Waals surface area (Å²) in [5.74, 6) is 0.570. The number of H-pyrrole nitrogens is 1. The van der Waals surface area contributed by atoms with E-state index in [-0.39, 0.29) is 11.3 Å². The van der Waals surface area contributed by atoms with Crippen molar-refractivity contribution in [3.8, 4) is 0 Å². The summed E-state index contributed by atoms with van der Waals surface area (Å²) in [6.45, 7) is 4.48. The number of rotatable bonds is 5. The number of nitrogens with one attached hydrogen (secondary N) is 2. The molecule has 0 saturated heterocycles. The molecule has 102 valence electrons. The number of nitro benzene ring substituents is 1. The molecule has 0 bridgehead atoms. The smallest absolute Gasteiger partial charge is 0.271 e. The Balaban J connectivity index is 2.20. The van der Waals surface area contributed by atoms with Gasteiger partial charge in [0.2, 0.25) is 5.95 Å². The zero-order valence-electron chi connectivity index (χ0n) is 11.1. The molecule has 0 aliphatic carbocycles. The molecule has 0 spiro atoms. The van der Waals surface area contributed by atoms with E-state index in [2.05, 4.69) is 15.3 Å². The number of anilines is 1. The number of ether oxygens (including phenoxy) is 1. The minimum atomic E-state index is -0.429. The van der Waals surface area contributed by atoms with Gasteiger partial charge in [-0.1, -0.05) is 0 Å². The standard InChI is InChI=1S/C12H16N4O3/c1-12(2,19-3)7-13-11-14-9-5-4-8(16(17)18)6-10(9)15-11/h4-6H,7H2,1-3H3,(H2,13,14,15). The van der Waals surface area contributed by atoms with E-state index in [4.69, 9.17) is 4.74 Å². The average molecular weight is 264 g/mol. The van der Waals surface area contributed by atoms with Gasteiger partial charge in [0.05, 0.1) is 21.6 Å². The van der Waals surface area contributed by atoms with Gasteiger partial charge in [0.15, 0.2) is 0 Å². The van der Waals surface area contributed by atoms with Crippen molar-refractivity contribution < 1.29 is 9.66 Å². The molecule has 0 aliphatic heterocycles. The molecule has 0 unspecified atom stereocenters. The first-order chi connectivity index (χ1) is 8.91. The summed E-state index contributed by atoms with van der Waals surface area (Å²) in [6, 6.07) is 4.53. The summed E-state index contributed by atoms with van der Waals surface area (Å²) in [5, 5.41) is 13.8. The molecule has 0 atom stereocenters. The average Bonchev–Trinajstić information content (AvgIpc) is 2.78. The molecule has 2 N–H and O–H groups in total. The lowest BCUT2D eigenvalue weighted by Gasteiger charge is -2.22. The lowest BCUT2D eigenvalue weighted by molar-refractivity contribution is -0.384. The van der Waals surface area contributed by atoms with Crippen molar-refractivity contribution >= 4 is 22.7 Å². The van der Waals surface area contributed by atoms with Crippen molar-refractivity contribution in [2.45, 2.75) is 19.4 Å². The molecule has 0 amide bonds. The van der Waals surface area contributed by atoms with Gasteiger partial charge in [-0.05, 0) is 19.9 Å². The van der Waals surface area contributed by atoms with Crippen LogP contribution in [0.4, 0.5) is 11.6 Å². The van der Waals surface area contributed by atoms with E-state index in [0.29, 0.717) is 23.5 Å². The number of nitro groups is 1. The minimum Gasteiger partial charge on any atom is -0.377 e. The molecule has 0 aliphatic rings. The largest absolute Gasteiger partial charge is 0.377 e. The van der Waals surface area contributed by atoms with Gasteiger partial charge in [-0.25, -0.2) is 4.98 Å². The van der Waals surface area contributed by atoms with Crippen molar-refractivity contribution in [3.05, 3.63) is 28.3 Å². The van der Waals surface area contributed by atoms with Gasteiger partial charge in [0, 0.05) is 25.8 Å². The molecule has 0 saturated carbocycles. The van der Waals surface area contributed by atoms with Crippen LogP contribution >= 0.6 is 0 Å². The van der Waals surface area contributed by atoms with E-state index < -0.39 is 4.92 Å². The van der Waals surface area contributed by atoms with Crippen LogP contribution in [0.5, 0.6) is 0 Å². The predicted molar refractivity (Wildman–Crippen MR) is 72.3 cm³/mol. The Bertz CT molecular complexity index is 606. The van der Waals surface area contributed by atoms with Crippen LogP contribution in [0.3, 0.4) is 0 Å². The summed E-state index contributed by atoms with van der Waals surface area (Å²) >= 11 is 0. The molecule has 7 heteroatoms. The fourth-order valence-electron chi connectivity index (χ4n) is 1.56. The molecule has 1 aromatic carbocycles. The Labute approximate surface area is 110 Å². The molecule has 2 rings (SSSR count). The number of methoxy groups -OCH3 is 1. The molecule has 7 nitrogen and oxygen atoms in total. The second kappa shape index (κ2) is 4.85. The molecule has 0 radical (unpaired) electrons. The number of aromatic nitrogens is 2. The number of hydrogen-bond acceptors (Lipinski definition) is 5. The molecular weight excluding hydrogens is 248 g/mol. The van der Waals surface area contributed by atoms with E-state index in [0.717, 1.165) is 0 Å². The highest BCUT2D eigenvalue weighted by molar-refractivity contribution is 5.79. The van der Waals surface area contributed by atoms with Crippen LogP contribution in [0.1, 0.15) is 13.8 Å². The lowest BCUT2D eigenvalue weighted by Crippen LogP contribution is -2.32. The normalized spacial score (nSPS) is 11.7. The molecular formula is C12H16N4O3. The van der Waals surface area contributed by atoms with E-state index in [1.165, 1.54) is 12.1 Å².